The molecule has 0 spiro atoms. The molecule has 0 bridgehead atoms. The molecule has 1 aromatic carbocycles. The van der Waals surface area contributed by atoms with Gasteiger partial charge in [0.15, 0.2) is 0 Å². The number of fused-ring (bicyclic) bond motifs is 1. The lowest BCUT2D eigenvalue weighted by atomic mass is 10.1. The first-order valence-electron chi connectivity index (χ1n) is 4.54. The van der Waals surface area contributed by atoms with E-state index in [1.165, 1.54) is 0 Å². The van der Waals surface area contributed by atoms with Crippen LogP contribution in [0.3, 0.4) is 0 Å². The molecule has 5 heteroatoms. The second-order valence-electron chi connectivity index (χ2n) is 3.29. The summed E-state index contributed by atoms with van der Waals surface area (Å²) in [5.74, 6) is 0.784. The Bertz CT molecular complexity index is 471. The van der Waals surface area contributed by atoms with Gasteiger partial charge in [0.25, 0.3) is 0 Å². The molecule has 0 radical (unpaired) electrons. The Morgan fingerprint density at radius 1 is 1.67 bits per heavy atom. The van der Waals surface area contributed by atoms with E-state index in [-0.39, 0.29) is 6.10 Å². The van der Waals surface area contributed by atoms with Gasteiger partial charge in [-0.3, -0.25) is 0 Å². The molecule has 1 heterocycles. The van der Waals surface area contributed by atoms with Crippen LogP contribution < -0.4 is 4.74 Å². The standard InChI is InChI=1S/C10H8N4O/c11-5-7-1-2-10-8(3-7)4-9(15-10)6-13-14-12/h1-3,9H,4,6H2/t9-/m1/s1. The number of nitriles is 1. The van der Waals surface area contributed by atoms with Crippen LogP contribution in [0.5, 0.6) is 5.75 Å². The van der Waals surface area contributed by atoms with Gasteiger partial charge < -0.3 is 4.74 Å². The van der Waals surface area contributed by atoms with Crippen molar-refractivity contribution in [3.05, 3.63) is 39.8 Å². The summed E-state index contributed by atoms with van der Waals surface area (Å²) in [4.78, 5) is 2.69. The van der Waals surface area contributed by atoms with E-state index in [0.717, 1.165) is 11.3 Å². The highest BCUT2D eigenvalue weighted by Crippen LogP contribution is 2.29. The zero-order valence-corrected chi connectivity index (χ0v) is 7.92. The Morgan fingerprint density at radius 2 is 2.53 bits per heavy atom. The van der Waals surface area contributed by atoms with Crippen LogP contribution in [0.1, 0.15) is 11.1 Å². The number of benzene rings is 1. The fourth-order valence-corrected chi connectivity index (χ4v) is 1.62. The van der Waals surface area contributed by atoms with Crippen LogP contribution in [0.4, 0.5) is 0 Å². The Kier molecular flexibility index (Phi) is 2.44. The van der Waals surface area contributed by atoms with Crippen molar-refractivity contribution in [2.24, 2.45) is 5.11 Å². The molecule has 0 aliphatic carbocycles. The first kappa shape index (κ1) is 9.38. The molecule has 0 saturated heterocycles. The summed E-state index contributed by atoms with van der Waals surface area (Å²) in [6, 6.07) is 7.39. The third kappa shape index (κ3) is 1.85. The summed E-state index contributed by atoms with van der Waals surface area (Å²) in [5, 5.41) is 12.2. The molecule has 0 amide bonds. The molecule has 74 valence electrons. The molecular weight excluding hydrogens is 192 g/mol. The Hall–Kier alpha value is -2.18. The molecular formula is C10H8N4O. The normalized spacial score (nSPS) is 17.1. The highest BCUT2D eigenvalue weighted by Gasteiger charge is 2.22. The maximum atomic E-state index is 8.72. The van der Waals surface area contributed by atoms with Gasteiger partial charge in [-0.2, -0.15) is 5.26 Å². The van der Waals surface area contributed by atoms with Gasteiger partial charge >= 0.3 is 0 Å². The lowest BCUT2D eigenvalue weighted by Gasteiger charge is -2.05. The predicted molar refractivity (Wildman–Crippen MR) is 53.3 cm³/mol. The fourth-order valence-electron chi connectivity index (χ4n) is 1.62. The molecule has 5 nitrogen and oxygen atoms in total. The van der Waals surface area contributed by atoms with Gasteiger partial charge in [-0.15, -0.1) is 0 Å². The van der Waals surface area contributed by atoms with E-state index in [1.807, 2.05) is 6.07 Å². The number of azide groups is 1. The van der Waals surface area contributed by atoms with Gasteiger partial charge in [0.05, 0.1) is 18.2 Å². The van der Waals surface area contributed by atoms with Crippen LogP contribution in [-0.4, -0.2) is 12.6 Å². The van der Waals surface area contributed by atoms with Gasteiger partial charge in [0, 0.05) is 11.3 Å². The molecule has 1 aliphatic heterocycles. The zero-order chi connectivity index (χ0) is 10.7. The van der Waals surface area contributed by atoms with Crippen LogP contribution in [0, 0.1) is 11.3 Å². The summed E-state index contributed by atoms with van der Waals surface area (Å²) in [7, 11) is 0. The third-order valence-corrected chi connectivity index (χ3v) is 2.28. The molecule has 0 N–H and O–H groups in total. The van der Waals surface area contributed by atoms with Crippen molar-refractivity contribution < 1.29 is 4.74 Å². The molecule has 2 rings (SSSR count). The molecule has 1 atom stereocenters. The van der Waals surface area contributed by atoms with Crippen LogP contribution in [0.15, 0.2) is 23.3 Å². The number of hydrogen-bond donors (Lipinski definition) is 0. The van der Waals surface area contributed by atoms with E-state index in [2.05, 4.69) is 16.1 Å². The molecule has 15 heavy (non-hydrogen) atoms. The summed E-state index contributed by atoms with van der Waals surface area (Å²) >= 11 is 0. The van der Waals surface area contributed by atoms with Crippen molar-refractivity contribution in [1.82, 2.24) is 0 Å². The Morgan fingerprint density at radius 3 is 3.27 bits per heavy atom. The van der Waals surface area contributed by atoms with Crippen LogP contribution in [-0.2, 0) is 6.42 Å². The second-order valence-corrected chi connectivity index (χ2v) is 3.29. The third-order valence-electron chi connectivity index (χ3n) is 2.28. The number of rotatable bonds is 2. The van der Waals surface area contributed by atoms with Crippen molar-refractivity contribution >= 4 is 0 Å². The van der Waals surface area contributed by atoms with Crippen molar-refractivity contribution in [2.45, 2.75) is 12.5 Å². The van der Waals surface area contributed by atoms with Crippen LogP contribution >= 0.6 is 0 Å². The minimum atomic E-state index is -0.0927. The van der Waals surface area contributed by atoms with Crippen molar-refractivity contribution in [2.75, 3.05) is 6.54 Å². The zero-order valence-electron chi connectivity index (χ0n) is 7.92. The van der Waals surface area contributed by atoms with Crippen LogP contribution in [0.2, 0.25) is 0 Å². The molecule has 0 aromatic heterocycles. The fraction of sp³-hybridized carbons (Fsp3) is 0.300. The molecule has 1 aliphatic rings. The largest absolute Gasteiger partial charge is 0.490 e. The van der Waals surface area contributed by atoms with Gasteiger partial charge in [-0.1, -0.05) is 5.11 Å². The molecule has 0 saturated carbocycles. The highest BCUT2D eigenvalue weighted by molar-refractivity contribution is 5.44. The maximum absolute atomic E-state index is 8.72. The summed E-state index contributed by atoms with van der Waals surface area (Å²) < 4.78 is 5.53. The first-order chi connectivity index (χ1) is 7.33. The number of hydrogen-bond acceptors (Lipinski definition) is 3. The SMILES string of the molecule is N#Cc1ccc2c(c1)C[C@H](CN=[N+]=[N-])O2. The Balaban J connectivity index is 2.17. The topological polar surface area (TPSA) is 81.8 Å². The number of ether oxygens (including phenoxy) is 1. The second kappa shape index (κ2) is 3.91. The van der Waals surface area contributed by atoms with Crippen molar-refractivity contribution in [1.29, 1.82) is 5.26 Å². The first-order valence-corrected chi connectivity index (χ1v) is 4.54. The van der Waals surface area contributed by atoms with E-state index in [1.54, 1.807) is 12.1 Å². The van der Waals surface area contributed by atoms with E-state index in [0.29, 0.717) is 18.5 Å². The monoisotopic (exact) mass is 200 g/mol. The molecule has 0 fully saturated rings. The van der Waals surface area contributed by atoms with Gasteiger partial charge in [0.1, 0.15) is 11.9 Å². The minimum absolute atomic E-state index is 0.0927. The minimum Gasteiger partial charge on any atom is -0.490 e. The lowest BCUT2D eigenvalue weighted by molar-refractivity contribution is 0.241. The lowest BCUT2D eigenvalue weighted by Crippen LogP contribution is -2.16. The summed E-state index contributed by atoms with van der Waals surface area (Å²) in [5.41, 5.74) is 9.82. The summed E-state index contributed by atoms with van der Waals surface area (Å²) in [6.45, 7) is 0.326. The highest BCUT2D eigenvalue weighted by atomic mass is 16.5. The van der Waals surface area contributed by atoms with E-state index < -0.39 is 0 Å². The van der Waals surface area contributed by atoms with E-state index in [9.17, 15) is 0 Å². The average molecular weight is 200 g/mol. The van der Waals surface area contributed by atoms with Gasteiger partial charge in [-0.05, 0) is 29.3 Å². The maximum Gasteiger partial charge on any atom is 0.123 e. The van der Waals surface area contributed by atoms with Crippen molar-refractivity contribution in [3.63, 3.8) is 0 Å². The smallest absolute Gasteiger partial charge is 0.123 e. The molecule has 1 aromatic rings. The quantitative estimate of drug-likeness (QED) is 0.416. The van der Waals surface area contributed by atoms with Crippen molar-refractivity contribution in [3.8, 4) is 11.8 Å². The van der Waals surface area contributed by atoms with E-state index >= 15 is 0 Å². The summed E-state index contributed by atoms with van der Waals surface area (Å²) in [6.07, 6.45) is 0.606. The van der Waals surface area contributed by atoms with Gasteiger partial charge in [-0.25, -0.2) is 0 Å². The number of nitrogens with zero attached hydrogens (tertiary/aromatic N) is 4. The average Bonchev–Trinajstić information content (AvgIpc) is 2.67. The van der Waals surface area contributed by atoms with Crippen LogP contribution in [0.25, 0.3) is 10.4 Å². The Labute approximate surface area is 86.5 Å². The van der Waals surface area contributed by atoms with Gasteiger partial charge in [0.2, 0.25) is 0 Å². The van der Waals surface area contributed by atoms with E-state index in [4.69, 9.17) is 15.5 Å². The predicted octanol–water partition coefficient (Wildman–Crippen LogP) is 2.17. The molecule has 0 unspecified atom stereocenters.